The summed E-state index contributed by atoms with van der Waals surface area (Å²) in [6.07, 6.45) is 0. The van der Waals surface area contributed by atoms with Crippen molar-refractivity contribution in [3.63, 3.8) is 0 Å². The third-order valence-corrected chi connectivity index (χ3v) is 6.71. The van der Waals surface area contributed by atoms with Crippen molar-refractivity contribution in [2.45, 2.75) is 37.8 Å². The van der Waals surface area contributed by atoms with Gasteiger partial charge in [-0.05, 0) is 31.9 Å². The normalized spacial score (nSPS) is 10.8. The van der Waals surface area contributed by atoms with Crippen LogP contribution in [0.2, 0.25) is 0 Å². The minimum atomic E-state index is -0.0413. The lowest BCUT2D eigenvalue weighted by Crippen LogP contribution is -2.24. The van der Waals surface area contributed by atoms with Crippen molar-refractivity contribution >= 4 is 56.3 Å². The van der Waals surface area contributed by atoms with Crippen molar-refractivity contribution in [1.29, 1.82) is 0 Å². The fraction of sp³-hybridized carbons (Fsp3) is 0.333. The van der Waals surface area contributed by atoms with E-state index in [0.29, 0.717) is 10.9 Å². The summed E-state index contributed by atoms with van der Waals surface area (Å²) in [6.45, 7) is 8.46. The largest absolute Gasteiger partial charge is 0.360 e. The first-order valence-corrected chi connectivity index (χ1v) is 11.2. The molecule has 0 aliphatic carbocycles. The molecule has 0 atom stereocenters. The van der Waals surface area contributed by atoms with Crippen LogP contribution in [0.1, 0.15) is 30.7 Å². The van der Waals surface area contributed by atoms with Crippen LogP contribution in [0.25, 0.3) is 0 Å². The van der Waals surface area contributed by atoms with Gasteiger partial charge in [0.15, 0.2) is 9.47 Å². The van der Waals surface area contributed by atoms with Crippen molar-refractivity contribution in [2.75, 3.05) is 16.8 Å². The van der Waals surface area contributed by atoms with Crippen molar-refractivity contribution < 1.29 is 4.79 Å². The van der Waals surface area contributed by atoms with Gasteiger partial charge in [0.1, 0.15) is 0 Å². The van der Waals surface area contributed by atoms with E-state index in [0.717, 1.165) is 38.5 Å². The van der Waals surface area contributed by atoms with Crippen LogP contribution in [0.4, 0.5) is 16.0 Å². The third kappa shape index (κ3) is 4.66. The van der Waals surface area contributed by atoms with Crippen LogP contribution in [0.3, 0.4) is 0 Å². The molecule has 2 aromatic heterocycles. The van der Waals surface area contributed by atoms with E-state index in [9.17, 15) is 4.79 Å². The number of anilines is 3. The molecule has 3 rings (SSSR count). The molecule has 1 aromatic carbocycles. The van der Waals surface area contributed by atoms with E-state index < -0.39 is 0 Å². The van der Waals surface area contributed by atoms with E-state index >= 15 is 0 Å². The fourth-order valence-electron chi connectivity index (χ4n) is 2.64. The number of thioether (sulfide) groups is 1. The summed E-state index contributed by atoms with van der Waals surface area (Å²) in [5.41, 5.74) is 3.96. The molecule has 0 radical (unpaired) electrons. The molecule has 0 aliphatic rings. The van der Waals surface area contributed by atoms with E-state index in [1.807, 2.05) is 44.4 Å². The topological polar surface area (TPSA) is 71.0 Å². The van der Waals surface area contributed by atoms with E-state index in [2.05, 4.69) is 15.5 Å². The van der Waals surface area contributed by atoms with Gasteiger partial charge >= 0.3 is 0 Å². The number of aryl methyl sites for hydroxylation is 2. The molecule has 6 nitrogen and oxygen atoms in total. The van der Waals surface area contributed by atoms with Crippen LogP contribution < -0.4 is 10.2 Å². The zero-order valence-electron chi connectivity index (χ0n) is 15.6. The highest BCUT2D eigenvalue weighted by Crippen LogP contribution is 2.35. The van der Waals surface area contributed by atoms with E-state index in [-0.39, 0.29) is 5.91 Å². The van der Waals surface area contributed by atoms with Crippen LogP contribution in [0.5, 0.6) is 0 Å². The molecular formula is C18H21N5OS3. The maximum atomic E-state index is 12.4. The van der Waals surface area contributed by atoms with Crippen LogP contribution in [-0.2, 0) is 10.5 Å². The number of benzene rings is 1. The number of carbonyl (C=O) groups is 1. The SMILES string of the molecule is CCNc1nnc(SCc2csc(N(C(C)=O)c3c(C)cccc3C)n2)s1. The Balaban J connectivity index is 1.77. The maximum Gasteiger partial charge on any atom is 0.230 e. The predicted octanol–water partition coefficient (Wildman–Crippen LogP) is 5.02. The molecule has 1 N–H and O–H groups in total. The van der Waals surface area contributed by atoms with Crippen LogP contribution in [-0.4, -0.2) is 27.6 Å². The quantitative estimate of drug-likeness (QED) is 0.542. The zero-order chi connectivity index (χ0) is 19.4. The molecule has 27 heavy (non-hydrogen) atoms. The summed E-state index contributed by atoms with van der Waals surface area (Å²) in [4.78, 5) is 18.8. The first kappa shape index (κ1) is 19.8. The zero-order valence-corrected chi connectivity index (χ0v) is 18.1. The average Bonchev–Trinajstić information content (AvgIpc) is 3.26. The van der Waals surface area contributed by atoms with Gasteiger partial charge in [0.05, 0.1) is 11.4 Å². The number of nitrogens with one attached hydrogen (secondary N) is 1. The summed E-state index contributed by atoms with van der Waals surface area (Å²) in [6, 6.07) is 6.03. The maximum absolute atomic E-state index is 12.4. The number of thiazole rings is 1. The number of aromatic nitrogens is 3. The first-order valence-electron chi connectivity index (χ1n) is 8.51. The third-order valence-electron chi connectivity index (χ3n) is 3.79. The number of para-hydroxylation sites is 1. The molecule has 0 spiro atoms. The Morgan fingerprint density at radius 3 is 2.67 bits per heavy atom. The van der Waals surface area contributed by atoms with Gasteiger partial charge in [0.25, 0.3) is 0 Å². The molecule has 142 valence electrons. The molecule has 3 aromatic rings. The molecule has 2 heterocycles. The van der Waals surface area contributed by atoms with Gasteiger partial charge in [-0.2, -0.15) is 0 Å². The Morgan fingerprint density at radius 1 is 1.26 bits per heavy atom. The summed E-state index contributed by atoms with van der Waals surface area (Å²) in [5, 5.41) is 15.0. The van der Waals surface area contributed by atoms with Gasteiger partial charge < -0.3 is 5.32 Å². The van der Waals surface area contributed by atoms with Crippen molar-refractivity contribution in [3.8, 4) is 0 Å². The van der Waals surface area contributed by atoms with Gasteiger partial charge in [-0.1, -0.05) is 41.3 Å². The number of hydrogen-bond acceptors (Lipinski definition) is 8. The highest BCUT2D eigenvalue weighted by atomic mass is 32.2. The average molecular weight is 420 g/mol. The minimum absolute atomic E-state index is 0.0413. The second-order valence-corrected chi connectivity index (χ2v) is 8.94. The monoisotopic (exact) mass is 419 g/mol. The lowest BCUT2D eigenvalue weighted by molar-refractivity contribution is -0.115. The second kappa shape index (κ2) is 8.81. The molecule has 0 saturated heterocycles. The van der Waals surface area contributed by atoms with Gasteiger partial charge in [0, 0.05) is 24.6 Å². The van der Waals surface area contributed by atoms with Gasteiger partial charge in [0.2, 0.25) is 11.0 Å². The summed E-state index contributed by atoms with van der Waals surface area (Å²) >= 11 is 4.62. The number of hydrogen-bond donors (Lipinski definition) is 1. The van der Waals surface area contributed by atoms with Crippen LogP contribution in [0, 0.1) is 13.8 Å². The summed E-state index contributed by atoms with van der Waals surface area (Å²) in [5.74, 6) is 0.649. The van der Waals surface area contributed by atoms with E-state index in [4.69, 9.17) is 4.98 Å². The smallest absolute Gasteiger partial charge is 0.230 e. The molecule has 1 amide bonds. The number of nitrogens with zero attached hydrogens (tertiary/aromatic N) is 4. The van der Waals surface area contributed by atoms with Crippen LogP contribution in [0.15, 0.2) is 27.9 Å². The molecular weight excluding hydrogens is 398 g/mol. The van der Waals surface area contributed by atoms with Crippen LogP contribution >= 0.6 is 34.4 Å². The summed E-state index contributed by atoms with van der Waals surface area (Å²) < 4.78 is 0.902. The molecule has 0 unspecified atom stereocenters. The predicted molar refractivity (Wildman–Crippen MR) is 114 cm³/mol. The molecule has 0 aliphatic heterocycles. The van der Waals surface area contributed by atoms with Crippen molar-refractivity contribution in [1.82, 2.24) is 15.2 Å². The second-order valence-electron chi connectivity index (χ2n) is 5.91. The van der Waals surface area contributed by atoms with Crippen molar-refractivity contribution in [3.05, 3.63) is 40.4 Å². The van der Waals surface area contributed by atoms with E-state index in [1.54, 1.807) is 23.6 Å². The van der Waals surface area contributed by atoms with Gasteiger partial charge in [-0.15, -0.1) is 21.5 Å². The van der Waals surface area contributed by atoms with E-state index in [1.165, 1.54) is 22.7 Å². The molecule has 0 saturated carbocycles. The number of carbonyl (C=O) groups excluding carboxylic acids is 1. The van der Waals surface area contributed by atoms with Crippen molar-refractivity contribution in [2.24, 2.45) is 0 Å². The Labute approximate surface area is 171 Å². The fourth-order valence-corrected chi connectivity index (χ4v) is 5.33. The Hall–Kier alpha value is -1.97. The molecule has 9 heteroatoms. The van der Waals surface area contributed by atoms with Gasteiger partial charge in [-0.25, -0.2) is 4.98 Å². The summed E-state index contributed by atoms with van der Waals surface area (Å²) in [7, 11) is 0. The highest BCUT2D eigenvalue weighted by Gasteiger charge is 2.21. The lowest BCUT2D eigenvalue weighted by Gasteiger charge is -2.22. The minimum Gasteiger partial charge on any atom is -0.360 e. The molecule has 0 bridgehead atoms. The Bertz CT molecular complexity index is 916. The first-order chi connectivity index (χ1) is 13.0. The standard InChI is InChI=1S/C18H21N5OS3/c1-5-19-16-21-22-18(27-16)26-10-14-9-25-17(20-14)23(13(4)24)15-11(2)7-6-8-12(15)3/h6-9H,5,10H2,1-4H3,(H,19,21). The Morgan fingerprint density at radius 2 is 2.00 bits per heavy atom. The lowest BCUT2D eigenvalue weighted by atomic mass is 10.1. The number of amides is 1. The number of rotatable bonds is 7. The highest BCUT2D eigenvalue weighted by molar-refractivity contribution is 8.00. The Kier molecular flexibility index (Phi) is 6.46. The van der Waals surface area contributed by atoms with Gasteiger partial charge in [-0.3, -0.25) is 9.69 Å². The molecule has 0 fully saturated rings.